The minimum Gasteiger partial charge on any atom is -0.349 e. The molecule has 1 aliphatic carbocycles. The molecule has 0 spiro atoms. The summed E-state index contributed by atoms with van der Waals surface area (Å²) in [7, 11) is 0. The van der Waals surface area contributed by atoms with Gasteiger partial charge in [0.25, 0.3) is 5.91 Å². The highest BCUT2D eigenvalue weighted by Crippen LogP contribution is 2.24. The molecular formula is C23H28N4O2. The van der Waals surface area contributed by atoms with Crippen molar-refractivity contribution >= 4 is 28.8 Å². The third kappa shape index (κ3) is 4.68. The monoisotopic (exact) mass is 392 g/mol. The SMILES string of the molecule is CCN(CC)C(=O)Cn1cc(C=C(C#N)C(=O)NC2CCCC2)c2ccccc21. The van der Waals surface area contributed by atoms with Crippen LogP contribution < -0.4 is 5.32 Å². The number of carbonyl (C=O) groups is 2. The minimum absolute atomic E-state index is 0.0470. The number of amides is 2. The highest BCUT2D eigenvalue weighted by Gasteiger charge is 2.20. The van der Waals surface area contributed by atoms with E-state index in [-0.39, 0.29) is 30.0 Å². The first-order valence-electron chi connectivity index (χ1n) is 10.4. The maximum Gasteiger partial charge on any atom is 0.262 e. The van der Waals surface area contributed by atoms with Crippen LogP contribution in [0.3, 0.4) is 0 Å². The largest absolute Gasteiger partial charge is 0.349 e. The number of likely N-dealkylation sites (N-methyl/N-ethyl adjacent to an activating group) is 1. The van der Waals surface area contributed by atoms with E-state index in [2.05, 4.69) is 5.32 Å². The van der Waals surface area contributed by atoms with E-state index in [1.54, 1.807) is 11.0 Å². The van der Waals surface area contributed by atoms with Crippen molar-refractivity contribution in [2.24, 2.45) is 0 Å². The fourth-order valence-corrected chi connectivity index (χ4v) is 3.98. The molecule has 3 rings (SSSR count). The molecule has 1 N–H and O–H groups in total. The van der Waals surface area contributed by atoms with Crippen LogP contribution in [-0.4, -0.2) is 40.4 Å². The van der Waals surface area contributed by atoms with Crippen LogP contribution in [0.5, 0.6) is 0 Å². The molecule has 1 aromatic heterocycles. The number of para-hydroxylation sites is 1. The number of aromatic nitrogens is 1. The molecule has 2 aromatic rings. The van der Waals surface area contributed by atoms with Crippen LogP contribution in [0.1, 0.15) is 45.1 Å². The van der Waals surface area contributed by atoms with Crippen molar-refractivity contribution in [2.75, 3.05) is 13.1 Å². The summed E-state index contributed by atoms with van der Waals surface area (Å²) < 4.78 is 1.89. The van der Waals surface area contributed by atoms with Crippen molar-refractivity contribution in [3.63, 3.8) is 0 Å². The molecule has 1 saturated carbocycles. The summed E-state index contributed by atoms with van der Waals surface area (Å²) in [6.07, 6.45) is 7.65. The zero-order chi connectivity index (χ0) is 20.8. The van der Waals surface area contributed by atoms with Crippen molar-refractivity contribution in [3.8, 4) is 6.07 Å². The number of benzene rings is 1. The van der Waals surface area contributed by atoms with Crippen LogP contribution in [0.4, 0.5) is 0 Å². The summed E-state index contributed by atoms with van der Waals surface area (Å²) in [6.45, 7) is 5.49. The summed E-state index contributed by atoms with van der Waals surface area (Å²) in [6, 6.07) is 9.94. The average Bonchev–Trinajstić information content (AvgIpc) is 3.35. The Labute approximate surface area is 171 Å². The molecule has 6 heteroatoms. The molecule has 152 valence electrons. The second kappa shape index (κ2) is 9.42. The van der Waals surface area contributed by atoms with Crippen LogP contribution in [0.25, 0.3) is 17.0 Å². The molecule has 1 aromatic carbocycles. The molecule has 0 radical (unpaired) electrons. The van der Waals surface area contributed by atoms with Crippen LogP contribution in [0.15, 0.2) is 36.0 Å². The Kier molecular flexibility index (Phi) is 6.71. The van der Waals surface area contributed by atoms with E-state index in [9.17, 15) is 14.9 Å². The third-order valence-electron chi connectivity index (χ3n) is 5.60. The molecule has 1 heterocycles. The molecular weight excluding hydrogens is 364 g/mol. The van der Waals surface area contributed by atoms with Crippen molar-refractivity contribution in [3.05, 3.63) is 41.6 Å². The van der Waals surface area contributed by atoms with Gasteiger partial charge in [-0.15, -0.1) is 0 Å². The van der Waals surface area contributed by atoms with Crippen LogP contribution >= 0.6 is 0 Å². The summed E-state index contributed by atoms with van der Waals surface area (Å²) in [5, 5.41) is 13.4. The molecule has 29 heavy (non-hydrogen) atoms. The molecule has 1 fully saturated rings. The van der Waals surface area contributed by atoms with E-state index in [0.29, 0.717) is 13.1 Å². The van der Waals surface area contributed by atoms with E-state index < -0.39 is 0 Å². The van der Waals surface area contributed by atoms with Crippen LogP contribution in [0, 0.1) is 11.3 Å². The Bertz CT molecular complexity index is 957. The van der Waals surface area contributed by atoms with Crippen LogP contribution in [0.2, 0.25) is 0 Å². The first kappa shape index (κ1) is 20.7. The van der Waals surface area contributed by atoms with Gasteiger partial charge < -0.3 is 14.8 Å². The lowest BCUT2D eigenvalue weighted by Gasteiger charge is -2.19. The summed E-state index contributed by atoms with van der Waals surface area (Å²) in [5.74, 6) is -0.277. The molecule has 2 amide bonds. The van der Waals surface area contributed by atoms with Gasteiger partial charge in [-0.25, -0.2) is 0 Å². The van der Waals surface area contributed by atoms with Gasteiger partial charge >= 0.3 is 0 Å². The lowest BCUT2D eigenvalue weighted by Crippen LogP contribution is -2.33. The zero-order valence-electron chi connectivity index (χ0n) is 17.1. The van der Waals surface area contributed by atoms with Gasteiger partial charge in [-0.1, -0.05) is 31.0 Å². The Hall–Kier alpha value is -3.07. The molecule has 0 saturated heterocycles. The summed E-state index contributed by atoms with van der Waals surface area (Å²) in [4.78, 5) is 26.9. The number of hydrogen-bond acceptors (Lipinski definition) is 3. The topological polar surface area (TPSA) is 78.1 Å². The van der Waals surface area contributed by atoms with Crippen molar-refractivity contribution < 1.29 is 9.59 Å². The van der Waals surface area contributed by atoms with E-state index >= 15 is 0 Å². The van der Waals surface area contributed by atoms with Gasteiger partial charge in [0.05, 0.1) is 0 Å². The smallest absolute Gasteiger partial charge is 0.262 e. The standard InChI is InChI=1S/C23H28N4O2/c1-3-26(4-2)22(28)16-27-15-18(20-11-7-8-12-21(20)27)13-17(14-24)23(29)25-19-9-5-6-10-19/h7-8,11-13,15,19H,3-6,9-10,16H2,1-2H3,(H,25,29). The number of nitriles is 1. The third-order valence-corrected chi connectivity index (χ3v) is 5.60. The highest BCUT2D eigenvalue weighted by molar-refractivity contribution is 6.04. The number of carbonyl (C=O) groups excluding carboxylic acids is 2. The molecule has 0 bridgehead atoms. The Morgan fingerprint density at radius 2 is 1.93 bits per heavy atom. The Morgan fingerprint density at radius 3 is 2.59 bits per heavy atom. The Balaban J connectivity index is 1.90. The molecule has 0 atom stereocenters. The zero-order valence-corrected chi connectivity index (χ0v) is 17.1. The second-order valence-corrected chi connectivity index (χ2v) is 7.42. The number of fused-ring (bicyclic) bond motifs is 1. The van der Waals surface area contributed by atoms with E-state index in [1.807, 2.05) is 54.9 Å². The van der Waals surface area contributed by atoms with Crippen LogP contribution in [-0.2, 0) is 16.1 Å². The quantitative estimate of drug-likeness (QED) is 0.579. The second-order valence-electron chi connectivity index (χ2n) is 7.42. The molecule has 1 aliphatic rings. The van der Waals surface area contributed by atoms with Gasteiger partial charge in [0.2, 0.25) is 5.91 Å². The average molecular weight is 393 g/mol. The first-order valence-corrected chi connectivity index (χ1v) is 10.4. The van der Waals surface area contributed by atoms with E-state index in [4.69, 9.17) is 0 Å². The van der Waals surface area contributed by atoms with Gasteiger partial charge in [0.1, 0.15) is 18.2 Å². The van der Waals surface area contributed by atoms with Gasteiger partial charge in [-0.3, -0.25) is 9.59 Å². The molecule has 0 aliphatic heterocycles. The number of nitrogens with zero attached hydrogens (tertiary/aromatic N) is 3. The van der Waals surface area contributed by atoms with Gasteiger partial charge in [0.15, 0.2) is 0 Å². The molecule has 6 nitrogen and oxygen atoms in total. The normalized spacial score (nSPS) is 14.7. The predicted octanol–water partition coefficient (Wildman–Crippen LogP) is 3.48. The maximum absolute atomic E-state index is 12.6. The van der Waals surface area contributed by atoms with Gasteiger partial charge in [0, 0.05) is 41.8 Å². The highest BCUT2D eigenvalue weighted by atomic mass is 16.2. The van der Waals surface area contributed by atoms with E-state index in [1.165, 1.54) is 0 Å². The number of hydrogen-bond donors (Lipinski definition) is 1. The van der Waals surface area contributed by atoms with Crippen molar-refractivity contribution in [2.45, 2.75) is 52.1 Å². The molecule has 0 unspecified atom stereocenters. The summed E-state index contributed by atoms with van der Waals surface area (Å²) >= 11 is 0. The Morgan fingerprint density at radius 1 is 1.24 bits per heavy atom. The minimum atomic E-state index is -0.324. The summed E-state index contributed by atoms with van der Waals surface area (Å²) in [5.41, 5.74) is 1.77. The fraction of sp³-hybridized carbons (Fsp3) is 0.435. The number of nitrogens with one attached hydrogen (secondary N) is 1. The predicted molar refractivity (Wildman–Crippen MR) is 114 cm³/mol. The van der Waals surface area contributed by atoms with Crippen molar-refractivity contribution in [1.29, 1.82) is 5.26 Å². The maximum atomic E-state index is 12.6. The lowest BCUT2D eigenvalue weighted by atomic mass is 10.1. The van der Waals surface area contributed by atoms with E-state index in [0.717, 1.165) is 42.1 Å². The van der Waals surface area contributed by atoms with Gasteiger partial charge in [-0.2, -0.15) is 5.26 Å². The first-order chi connectivity index (χ1) is 14.1. The van der Waals surface area contributed by atoms with Crippen molar-refractivity contribution in [1.82, 2.24) is 14.8 Å². The van der Waals surface area contributed by atoms with Gasteiger partial charge in [-0.05, 0) is 38.8 Å². The fourth-order valence-electron chi connectivity index (χ4n) is 3.98. The lowest BCUT2D eigenvalue weighted by molar-refractivity contribution is -0.131. The number of rotatable bonds is 7.